The monoisotopic (exact) mass is 321 g/mol. The quantitative estimate of drug-likeness (QED) is 0.831. The maximum atomic E-state index is 12.4. The summed E-state index contributed by atoms with van der Waals surface area (Å²) >= 11 is 0. The number of alkyl halides is 2. The van der Waals surface area contributed by atoms with Gasteiger partial charge in [0.2, 0.25) is 10.0 Å². The van der Waals surface area contributed by atoms with Gasteiger partial charge in [0.05, 0.1) is 23.7 Å². The summed E-state index contributed by atoms with van der Waals surface area (Å²) in [6.45, 7) is 0.00771. The van der Waals surface area contributed by atoms with Crippen LogP contribution in [-0.4, -0.2) is 38.9 Å². The van der Waals surface area contributed by atoms with Crippen LogP contribution in [-0.2, 0) is 14.8 Å². The van der Waals surface area contributed by atoms with E-state index in [1.807, 2.05) is 0 Å². The van der Waals surface area contributed by atoms with Gasteiger partial charge in [-0.25, -0.2) is 21.9 Å². The predicted octanol–water partition coefficient (Wildman–Crippen LogP) is 1.44. The molecule has 0 spiro atoms. The molecule has 1 saturated heterocycles. The van der Waals surface area contributed by atoms with Crippen LogP contribution >= 0.6 is 0 Å². The number of rotatable bonds is 6. The fourth-order valence-electron chi connectivity index (χ4n) is 2.14. The third kappa shape index (κ3) is 4.19. The van der Waals surface area contributed by atoms with Gasteiger partial charge in [0.15, 0.2) is 0 Å². The molecule has 1 aliphatic rings. The highest BCUT2D eigenvalue weighted by atomic mass is 32.2. The minimum Gasteiger partial charge on any atom is -0.394 e. The predicted molar refractivity (Wildman–Crippen MR) is 71.6 cm³/mol. The van der Waals surface area contributed by atoms with Crippen molar-refractivity contribution in [1.29, 1.82) is 0 Å². The van der Waals surface area contributed by atoms with Crippen LogP contribution in [0.25, 0.3) is 0 Å². The second-order valence-corrected chi connectivity index (χ2v) is 6.63. The Bertz CT molecular complexity index is 562. The third-order valence-electron chi connectivity index (χ3n) is 3.34. The average Bonchev–Trinajstić information content (AvgIpc) is 2.93. The molecule has 5 nitrogen and oxygen atoms in total. The summed E-state index contributed by atoms with van der Waals surface area (Å²) in [4.78, 5) is -0.0661. The highest BCUT2D eigenvalue weighted by molar-refractivity contribution is 7.89. The zero-order valence-corrected chi connectivity index (χ0v) is 12.0. The van der Waals surface area contributed by atoms with Crippen molar-refractivity contribution in [1.82, 2.24) is 4.72 Å². The van der Waals surface area contributed by atoms with Gasteiger partial charge in [-0.15, -0.1) is 0 Å². The lowest BCUT2D eigenvalue weighted by molar-refractivity contribution is 0.0144. The van der Waals surface area contributed by atoms with Crippen molar-refractivity contribution < 1.29 is 27.0 Å². The minimum atomic E-state index is -3.75. The molecule has 118 valence electrons. The van der Waals surface area contributed by atoms with E-state index in [2.05, 4.69) is 4.72 Å². The largest absolute Gasteiger partial charge is 0.394 e. The van der Waals surface area contributed by atoms with E-state index < -0.39 is 16.4 Å². The lowest BCUT2D eigenvalue weighted by atomic mass is 10.2. The van der Waals surface area contributed by atoms with Crippen molar-refractivity contribution in [2.75, 3.05) is 13.2 Å². The van der Waals surface area contributed by atoms with Crippen molar-refractivity contribution in [2.24, 2.45) is 0 Å². The molecule has 1 aliphatic heterocycles. The highest BCUT2D eigenvalue weighted by Crippen LogP contribution is 2.21. The summed E-state index contributed by atoms with van der Waals surface area (Å²) in [6.07, 6.45) is -1.80. The zero-order valence-electron chi connectivity index (χ0n) is 11.2. The Kier molecular flexibility index (Phi) is 5.26. The van der Waals surface area contributed by atoms with Gasteiger partial charge in [0, 0.05) is 12.1 Å². The van der Waals surface area contributed by atoms with Gasteiger partial charge in [-0.1, -0.05) is 12.1 Å². The second kappa shape index (κ2) is 6.78. The van der Waals surface area contributed by atoms with Gasteiger partial charge in [0.25, 0.3) is 6.43 Å². The molecule has 0 bridgehead atoms. The molecule has 0 aromatic heterocycles. The molecule has 0 amide bonds. The van der Waals surface area contributed by atoms with E-state index in [1.165, 1.54) is 0 Å². The Morgan fingerprint density at radius 3 is 2.38 bits per heavy atom. The molecule has 1 fully saturated rings. The van der Waals surface area contributed by atoms with Crippen LogP contribution in [0, 0.1) is 0 Å². The first-order valence-electron chi connectivity index (χ1n) is 6.56. The standard InChI is InChI=1S/C13H17F2NO4S/c14-13(15)9-1-5-12(6-2-9)21(18,19)16-7-10-3-4-11(8-17)20-10/h1-2,5-6,10-11,13,16-17H,3-4,7-8H2/t10-,11+/m1/s1. The molecule has 0 aliphatic carbocycles. The number of sulfonamides is 1. The van der Waals surface area contributed by atoms with E-state index >= 15 is 0 Å². The molecule has 2 N–H and O–H groups in total. The van der Waals surface area contributed by atoms with E-state index in [4.69, 9.17) is 9.84 Å². The van der Waals surface area contributed by atoms with Gasteiger partial charge in [-0.2, -0.15) is 0 Å². The number of aliphatic hydroxyl groups is 1. The number of aliphatic hydroxyl groups excluding tert-OH is 1. The number of benzene rings is 1. The molecule has 0 unspecified atom stereocenters. The molecule has 1 aromatic carbocycles. The fraction of sp³-hybridized carbons (Fsp3) is 0.538. The lowest BCUT2D eigenvalue weighted by Gasteiger charge is -2.13. The summed E-state index contributed by atoms with van der Waals surface area (Å²) < 4.78 is 56.7. The highest BCUT2D eigenvalue weighted by Gasteiger charge is 2.26. The number of hydrogen-bond acceptors (Lipinski definition) is 4. The lowest BCUT2D eigenvalue weighted by Crippen LogP contribution is -2.32. The first kappa shape index (κ1) is 16.3. The van der Waals surface area contributed by atoms with Crippen LogP contribution in [0.15, 0.2) is 29.2 Å². The third-order valence-corrected chi connectivity index (χ3v) is 4.78. The Balaban J connectivity index is 1.95. The molecular formula is C13H17F2NO4S. The Morgan fingerprint density at radius 2 is 1.86 bits per heavy atom. The molecular weight excluding hydrogens is 304 g/mol. The molecule has 2 rings (SSSR count). The van der Waals surface area contributed by atoms with Gasteiger partial charge in [-0.3, -0.25) is 0 Å². The summed E-state index contributed by atoms with van der Waals surface area (Å²) in [5.74, 6) is 0. The number of halogens is 2. The first-order valence-corrected chi connectivity index (χ1v) is 8.05. The van der Waals surface area contributed by atoms with Crippen LogP contribution in [0.2, 0.25) is 0 Å². The van der Waals surface area contributed by atoms with Gasteiger partial charge in [0.1, 0.15) is 0 Å². The summed E-state index contributed by atoms with van der Waals surface area (Å²) in [6, 6.07) is 4.48. The SMILES string of the molecule is O=S(=O)(NC[C@H]1CC[C@@H](CO)O1)c1ccc(C(F)F)cc1. The molecule has 21 heavy (non-hydrogen) atoms. The van der Waals surface area contributed by atoms with Crippen molar-refractivity contribution in [3.05, 3.63) is 29.8 Å². The topological polar surface area (TPSA) is 75.6 Å². The fourth-order valence-corrected chi connectivity index (χ4v) is 3.21. The first-order chi connectivity index (χ1) is 9.92. The Morgan fingerprint density at radius 1 is 1.24 bits per heavy atom. The minimum absolute atomic E-state index is 0.0661. The van der Waals surface area contributed by atoms with E-state index in [9.17, 15) is 17.2 Å². The van der Waals surface area contributed by atoms with Gasteiger partial charge < -0.3 is 9.84 Å². The van der Waals surface area contributed by atoms with Crippen LogP contribution in [0.1, 0.15) is 24.8 Å². The smallest absolute Gasteiger partial charge is 0.263 e. The van der Waals surface area contributed by atoms with Crippen LogP contribution in [0.5, 0.6) is 0 Å². The van der Waals surface area contributed by atoms with Crippen molar-refractivity contribution in [3.8, 4) is 0 Å². The molecule has 0 saturated carbocycles. The van der Waals surface area contributed by atoms with Gasteiger partial charge >= 0.3 is 0 Å². The zero-order chi connectivity index (χ0) is 15.5. The molecule has 0 radical (unpaired) electrons. The van der Waals surface area contributed by atoms with Gasteiger partial charge in [-0.05, 0) is 25.0 Å². The Hall–Kier alpha value is -1.09. The summed E-state index contributed by atoms with van der Waals surface area (Å²) in [5.41, 5.74) is -0.223. The molecule has 1 aromatic rings. The Labute approximate surface area is 122 Å². The maximum Gasteiger partial charge on any atom is 0.263 e. The molecule has 8 heteroatoms. The van der Waals surface area contributed by atoms with E-state index in [-0.39, 0.29) is 35.8 Å². The van der Waals surface area contributed by atoms with Crippen molar-refractivity contribution in [3.63, 3.8) is 0 Å². The van der Waals surface area contributed by atoms with Crippen LogP contribution in [0.3, 0.4) is 0 Å². The number of hydrogen-bond donors (Lipinski definition) is 2. The second-order valence-electron chi connectivity index (χ2n) is 4.86. The van der Waals surface area contributed by atoms with E-state index in [0.717, 1.165) is 24.3 Å². The number of nitrogens with one attached hydrogen (secondary N) is 1. The maximum absolute atomic E-state index is 12.4. The number of ether oxygens (including phenoxy) is 1. The molecule has 2 atom stereocenters. The van der Waals surface area contributed by atoms with Crippen molar-refractivity contribution >= 4 is 10.0 Å². The summed E-state index contributed by atoms with van der Waals surface area (Å²) in [5, 5.41) is 8.94. The van der Waals surface area contributed by atoms with Crippen LogP contribution in [0.4, 0.5) is 8.78 Å². The summed E-state index contributed by atoms with van der Waals surface area (Å²) in [7, 11) is -3.75. The van der Waals surface area contributed by atoms with Crippen LogP contribution < -0.4 is 4.72 Å². The molecule has 1 heterocycles. The normalized spacial score (nSPS) is 22.9. The average molecular weight is 321 g/mol. The van der Waals surface area contributed by atoms with E-state index in [0.29, 0.717) is 12.8 Å². The van der Waals surface area contributed by atoms with E-state index in [1.54, 1.807) is 0 Å². The van der Waals surface area contributed by atoms with Crippen molar-refractivity contribution in [2.45, 2.75) is 36.4 Å².